The van der Waals surface area contributed by atoms with Gasteiger partial charge < -0.3 is 9.47 Å². The van der Waals surface area contributed by atoms with E-state index in [1.165, 1.54) is 0 Å². The van der Waals surface area contributed by atoms with Crippen LogP contribution < -0.4 is 9.47 Å². The number of methoxy groups -OCH3 is 2. The van der Waals surface area contributed by atoms with Crippen molar-refractivity contribution in [2.45, 2.75) is 37.3 Å². The molecular weight excluding hydrogens is 376 g/mol. The molecule has 1 aliphatic rings. The molecule has 28 heavy (non-hydrogen) atoms. The summed E-state index contributed by atoms with van der Waals surface area (Å²) in [6.07, 6.45) is 3.93. The number of Topliss-reactive ketones (excluding diaryl/α,β-unsaturated/α-hetero) is 1. The van der Waals surface area contributed by atoms with E-state index in [-0.39, 0.29) is 11.7 Å². The lowest BCUT2D eigenvalue weighted by atomic mass is 9.82. The van der Waals surface area contributed by atoms with Gasteiger partial charge in [0.15, 0.2) is 17.3 Å². The molecular formula is C20H22N4O3S. The monoisotopic (exact) mass is 398 g/mol. The molecule has 8 heteroatoms. The largest absolute Gasteiger partial charge is 0.493 e. The quantitative estimate of drug-likeness (QED) is 0.588. The molecule has 4 rings (SSSR count). The first kappa shape index (κ1) is 18.7. The third-order valence-corrected chi connectivity index (χ3v) is 5.92. The summed E-state index contributed by atoms with van der Waals surface area (Å²) >= 11 is 1.60. The molecule has 1 aliphatic carbocycles. The summed E-state index contributed by atoms with van der Waals surface area (Å²) in [5, 5.41) is 5.13. The van der Waals surface area contributed by atoms with E-state index in [2.05, 4.69) is 22.0 Å². The Morgan fingerprint density at radius 3 is 2.75 bits per heavy atom. The molecule has 2 heterocycles. The van der Waals surface area contributed by atoms with Crippen LogP contribution in [0, 0.1) is 0 Å². The summed E-state index contributed by atoms with van der Waals surface area (Å²) in [6, 6.07) is 5.80. The molecule has 2 aromatic heterocycles. The highest BCUT2D eigenvalue weighted by molar-refractivity contribution is 7.99. The number of rotatable bonds is 6. The minimum Gasteiger partial charge on any atom is -0.493 e. The molecule has 7 nitrogen and oxygen atoms in total. The van der Waals surface area contributed by atoms with Crippen LogP contribution in [0.1, 0.15) is 47.3 Å². The van der Waals surface area contributed by atoms with Gasteiger partial charge in [-0.3, -0.25) is 4.79 Å². The average molecular weight is 398 g/mol. The second kappa shape index (κ2) is 7.79. The number of hydrogen-bond acceptors (Lipinski definition) is 7. The first-order valence-electron chi connectivity index (χ1n) is 9.27. The molecule has 1 aromatic carbocycles. The number of ketones is 1. The Hall–Kier alpha value is -2.61. The van der Waals surface area contributed by atoms with Crippen LogP contribution in [0.15, 0.2) is 29.6 Å². The van der Waals surface area contributed by atoms with Crippen molar-refractivity contribution in [3.8, 4) is 11.5 Å². The third kappa shape index (κ3) is 3.44. The van der Waals surface area contributed by atoms with Gasteiger partial charge in [-0.2, -0.15) is 4.98 Å². The van der Waals surface area contributed by atoms with Gasteiger partial charge in [-0.1, -0.05) is 24.8 Å². The van der Waals surface area contributed by atoms with Crippen molar-refractivity contribution in [3.05, 3.63) is 41.2 Å². The minimum atomic E-state index is 0.0478. The number of ether oxygens (including phenoxy) is 2. The Balaban J connectivity index is 1.66. The first-order chi connectivity index (χ1) is 13.6. The maximum atomic E-state index is 12.8. The minimum absolute atomic E-state index is 0.0478. The maximum Gasteiger partial charge on any atom is 0.253 e. The summed E-state index contributed by atoms with van der Waals surface area (Å²) in [4.78, 5) is 21.9. The third-order valence-electron chi connectivity index (χ3n) is 4.88. The van der Waals surface area contributed by atoms with Crippen LogP contribution in [-0.4, -0.2) is 45.3 Å². The highest BCUT2D eigenvalue weighted by atomic mass is 32.2. The molecule has 0 bridgehead atoms. The Labute approximate surface area is 167 Å². The predicted octanol–water partition coefficient (Wildman–Crippen LogP) is 3.56. The second-order valence-corrected chi connectivity index (χ2v) is 7.79. The lowest BCUT2D eigenvalue weighted by Crippen LogP contribution is -2.21. The first-order valence-corrected chi connectivity index (χ1v) is 10.3. The predicted molar refractivity (Wildman–Crippen MR) is 107 cm³/mol. The molecule has 146 valence electrons. The van der Waals surface area contributed by atoms with Crippen LogP contribution in [-0.2, 0) is 6.42 Å². The van der Waals surface area contributed by atoms with E-state index >= 15 is 0 Å². The average Bonchev–Trinajstić information content (AvgIpc) is 3.11. The van der Waals surface area contributed by atoms with Crippen molar-refractivity contribution in [2.75, 3.05) is 20.0 Å². The number of benzene rings is 1. The van der Waals surface area contributed by atoms with Crippen LogP contribution in [0.5, 0.6) is 11.5 Å². The normalized spacial score (nSPS) is 16.2. The Morgan fingerprint density at radius 1 is 1.18 bits per heavy atom. The fourth-order valence-electron chi connectivity index (χ4n) is 3.46. The number of fused-ring (bicyclic) bond motifs is 2. The molecule has 0 aliphatic heterocycles. The molecule has 0 radical (unpaired) electrons. The van der Waals surface area contributed by atoms with Crippen LogP contribution in [0.2, 0.25) is 0 Å². The van der Waals surface area contributed by atoms with E-state index < -0.39 is 0 Å². The van der Waals surface area contributed by atoms with E-state index in [0.717, 1.165) is 23.4 Å². The van der Waals surface area contributed by atoms with Gasteiger partial charge in [0.1, 0.15) is 0 Å². The Kier molecular flexibility index (Phi) is 5.21. The zero-order valence-corrected chi connectivity index (χ0v) is 17.0. The van der Waals surface area contributed by atoms with Crippen LogP contribution in [0.3, 0.4) is 0 Å². The number of hydrogen-bond donors (Lipinski definition) is 0. The summed E-state index contributed by atoms with van der Waals surface area (Å²) in [7, 11) is 3.22. The van der Waals surface area contributed by atoms with Crippen molar-refractivity contribution in [2.24, 2.45) is 0 Å². The summed E-state index contributed by atoms with van der Waals surface area (Å²) < 4.78 is 12.3. The molecule has 0 spiro atoms. The van der Waals surface area contributed by atoms with Crippen LogP contribution in [0.4, 0.5) is 0 Å². The second-order valence-electron chi connectivity index (χ2n) is 6.73. The lowest BCUT2D eigenvalue weighted by Gasteiger charge is -2.23. The molecule has 0 saturated carbocycles. The van der Waals surface area contributed by atoms with Crippen molar-refractivity contribution < 1.29 is 14.3 Å². The van der Waals surface area contributed by atoms with E-state index in [9.17, 15) is 4.79 Å². The molecule has 0 fully saturated rings. The topological polar surface area (TPSA) is 78.6 Å². The SMILES string of the molecule is CCCSc1nc2nc3c(cn2n1)C(=O)CC(c1ccc(OC)c(OC)c1)C3. The summed E-state index contributed by atoms with van der Waals surface area (Å²) in [6.45, 7) is 2.12. The molecule has 0 amide bonds. The smallest absolute Gasteiger partial charge is 0.253 e. The van der Waals surface area contributed by atoms with Gasteiger partial charge in [0.25, 0.3) is 5.78 Å². The number of carbonyl (C=O) groups excluding carboxylic acids is 1. The van der Waals surface area contributed by atoms with Crippen molar-refractivity contribution in [1.82, 2.24) is 19.6 Å². The standard InChI is InChI=1S/C20H22N4O3S/c1-4-7-28-20-22-19-21-15-8-13(9-16(25)14(15)11-24(19)23-20)12-5-6-17(26-2)18(10-12)27-3/h5-6,10-11,13H,4,7-9H2,1-3H3. The van der Waals surface area contributed by atoms with E-state index in [1.54, 1.807) is 36.7 Å². The fraction of sp³-hybridized carbons (Fsp3) is 0.400. The Morgan fingerprint density at radius 2 is 2.00 bits per heavy atom. The fourth-order valence-corrected chi connectivity index (χ4v) is 4.14. The van der Waals surface area contributed by atoms with E-state index in [1.807, 2.05) is 18.2 Å². The number of aromatic nitrogens is 4. The zero-order valence-electron chi connectivity index (χ0n) is 16.1. The Bertz CT molecular complexity index is 1030. The van der Waals surface area contributed by atoms with Crippen molar-refractivity contribution in [1.29, 1.82) is 0 Å². The van der Waals surface area contributed by atoms with Crippen molar-refractivity contribution >= 4 is 23.3 Å². The van der Waals surface area contributed by atoms with Gasteiger partial charge in [0, 0.05) is 18.4 Å². The van der Waals surface area contributed by atoms with Gasteiger partial charge >= 0.3 is 0 Å². The molecule has 1 atom stereocenters. The molecule has 0 N–H and O–H groups in total. The highest BCUT2D eigenvalue weighted by Gasteiger charge is 2.29. The van der Waals surface area contributed by atoms with Crippen LogP contribution in [0.25, 0.3) is 5.78 Å². The number of nitrogens with zero attached hydrogens (tertiary/aromatic N) is 4. The van der Waals surface area contributed by atoms with Crippen molar-refractivity contribution in [3.63, 3.8) is 0 Å². The van der Waals surface area contributed by atoms with E-state index in [4.69, 9.17) is 9.47 Å². The zero-order chi connectivity index (χ0) is 19.7. The number of carbonyl (C=O) groups is 1. The van der Waals surface area contributed by atoms with Gasteiger partial charge in [-0.05, 0) is 36.5 Å². The molecule has 1 unspecified atom stereocenters. The van der Waals surface area contributed by atoms with Crippen LogP contribution >= 0.6 is 11.8 Å². The lowest BCUT2D eigenvalue weighted by molar-refractivity contribution is 0.0962. The van der Waals surface area contributed by atoms with E-state index in [0.29, 0.717) is 40.8 Å². The highest BCUT2D eigenvalue weighted by Crippen LogP contribution is 2.36. The summed E-state index contributed by atoms with van der Waals surface area (Å²) in [5.74, 6) is 2.96. The molecule has 0 saturated heterocycles. The number of thioether (sulfide) groups is 1. The molecule has 3 aromatic rings. The van der Waals surface area contributed by atoms with Gasteiger partial charge in [0.2, 0.25) is 5.16 Å². The maximum absolute atomic E-state index is 12.8. The van der Waals surface area contributed by atoms with Gasteiger partial charge in [-0.25, -0.2) is 9.50 Å². The van der Waals surface area contributed by atoms with Gasteiger partial charge in [-0.15, -0.1) is 5.10 Å². The van der Waals surface area contributed by atoms with Gasteiger partial charge in [0.05, 0.1) is 25.5 Å². The summed E-state index contributed by atoms with van der Waals surface area (Å²) in [5.41, 5.74) is 2.46.